The van der Waals surface area contributed by atoms with Crippen molar-refractivity contribution >= 4 is 11.8 Å². The highest BCUT2D eigenvalue weighted by atomic mass is 16.2. The zero-order valence-electron chi connectivity index (χ0n) is 11.4. The second-order valence-electron chi connectivity index (χ2n) is 6.02. The number of nitrogens with zero attached hydrogens (tertiary/aromatic N) is 2. The summed E-state index contributed by atoms with van der Waals surface area (Å²) in [5.41, 5.74) is 0. The van der Waals surface area contributed by atoms with Gasteiger partial charge in [0, 0.05) is 38.5 Å². The van der Waals surface area contributed by atoms with Crippen LogP contribution in [0.4, 0.5) is 0 Å². The van der Waals surface area contributed by atoms with Crippen LogP contribution >= 0.6 is 0 Å². The van der Waals surface area contributed by atoms with E-state index in [0.717, 1.165) is 52.0 Å². The van der Waals surface area contributed by atoms with Gasteiger partial charge in [0.05, 0.1) is 0 Å². The molecule has 0 aromatic heterocycles. The molecule has 0 radical (unpaired) electrons. The normalized spacial score (nSPS) is 28.6. The number of fused-ring (bicyclic) bond motifs is 1. The van der Waals surface area contributed by atoms with Gasteiger partial charge in [-0.15, -0.1) is 0 Å². The highest BCUT2D eigenvalue weighted by molar-refractivity contribution is 5.80. The Morgan fingerprint density at radius 3 is 2.79 bits per heavy atom. The lowest BCUT2D eigenvalue weighted by atomic mass is 9.94. The van der Waals surface area contributed by atoms with Crippen LogP contribution < -0.4 is 5.32 Å². The van der Waals surface area contributed by atoms with Crippen molar-refractivity contribution in [2.75, 3.05) is 32.7 Å². The number of carbonyl (C=O) groups excluding carboxylic acids is 2. The molecule has 3 saturated heterocycles. The van der Waals surface area contributed by atoms with Gasteiger partial charge in [0.15, 0.2) is 0 Å². The lowest BCUT2D eigenvalue weighted by molar-refractivity contribution is -0.139. The maximum absolute atomic E-state index is 12.3. The maximum atomic E-state index is 12.3. The number of hydrogen-bond acceptors (Lipinski definition) is 3. The molecule has 5 nitrogen and oxygen atoms in total. The first-order chi connectivity index (χ1) is 9.24. The Bertz CT molecular complexity index is 366. The predicted octanol–water partition coefficient (Wildman–Crippen LogP) is 0.209. The Hall–Kier alpha value is -1.10. The number of hydrogen-bond donors (Lipinski definition) is 1. The molecule has 0 bridgehead atoms. The molecule has 0 aromatic carbocycles. The molecule has 0 spiro atoms. The second-order valence-corrected chi connectivity index (χ2v) is 6.02. The van der Waals surface area contributed by atoms with Crippen LogP contribution in [0.1, 0.15) is 32.1 Å². The monoisotopic (exact) mass is 265 g/mol. The molecule has 3 heterocycles. The summed E-state index contributed by atoms with van der Waals surface area (Å²) in [5, 5.41) is 3.33. The Labute approximate surface area is 114 Å². The summed E-state index contributed by atoms with van der Waals surface area (Å²) in [7, 11) is 0. The van der Waals surface area contributed by atoms with Crippen molar-refractivity contribution in [1.82, 2.24) is 15.1 Å². The first kappa shape index (κ1) is 12.9. The van der Waals surface area contributed by atoms with Gasteiger partial charge in [-0.3, -0.25) is 9.59 Å². The van der Waals surface area contributed by atoms with E-state index in [4.69, 9.17) is 0 Å². The van der Waals surface area contributed by atoms with Gasteiger partial charge in [0.25, 0.3) is 0 Å². The Morgan fingerprint density at radius 2 is 2.00 bits per heavy atom. The summed E-state index contributed by atoms with van der Waals surface area (Å²) in [6, 6.07) is 0.290. The van der Waals surface area contributed by atoms with Gasteiger partial charge in [-0.1, -0.05) is 0 Å². The van der Waals surface area contributed by atoms with Crippen molar-refractivity contribution in [3.8, 4) is 0 Å². The van der Waals surface area contributed by atoms with Crippen molar-refractivity contribution in [2.24, 2.45) is 5.92 Å². The van der Waals surface area contributed by atoms with Crippen molar-refractivity contribution in [2.45, 2.75) is 38.1 Å². The molecule has 19 heavy (non-hydrogen) atoms. The van der Waals surface area contributed by atoms with Crippen LogP contribution in [0.5, 0.6) is 0 Å². The Morgan fingerprint density at radius 1 is 1.21 bits per heavy atom. The molecule has 106 valence electrons. The number of nitrogens with one attached hydrogen (secondary N) is 1. The third kappa shape index (κ3) is 2.76. The molecular formula is C14H23N3O2. The topological polar surface area (TPSA) is 52.7 Å². The van der Waals surface area contributed by atoms with Crippen molar-refractivity contribution in [3.63, 3.8) is 0 Å². The molecule has 5 heteroatoms. The Balaban J connectivity index is 1.52. The number of piperidine rings is 1. The molecule has 2 amide bonds. The van der Waals surface area contributed by atoms with E-state index < -0.39 is 0 Å². The molecule has 3 aliphatic heterocycles. The lowest BCUT2D eigenvalue weighted by Gasteiger charge is -2.38. The van der Waals surface area contributed by atoms with Crippen LogP contribution in [-0.4, -0.2) is 60.4 Å². The van der Waals surface area contributed by atoms with Crippen LogP contribution in [0.3, 0.4) is 0 Å². The molecule has 0 aromatic rings. The highest BCUT2D eigenvalue weighted by Crippen LogP contribution is 2.24. The van der Waals surface area contributed by atoms with Gasteiger partial charge in [0.1, 0.15) is 0 Å². The quantitative estimate of drug-likeness (QED) is 0.776. The minimum absolute atomic E-state index is 0.274. The van der Waals surface area contributed by atoms with E-state index in [-0.39, 0.29) is 5.91 Å². The maximum Gasteiger partial charge on any atom is 0.223 e. The number of amides is 2. The van der Waals surface area contributed by atoms with Crippen LogP contribution in [0.15, 0.2) is 0 Å². The van der Waals surface area contributed by atoms with Gasteiger partial charge in [-0.2, -0.15) is 0 Å². The van der Waals surface area contributed by atoms with Crippen molar-refractivity contribution in [3.05, 3.63) is 0 Å². The van der Waals surface area contributed by atoms with E-state index in [9.17, 15) is 9.59 Å². The minimum Gasteiger partial charge on any atom is -0.339 e. The number of rotatable bonds is 2. The van der Waals surface area contributed by atoms with Crippen molar-refractivity contribution in [1.29, 1.82) is 0 Å². The molecule has 3 aliphatic rings. The first-order valence-corrected chi connectivity index (χ1v) is 7.52. The summed E-state index contributed by atoms with van der Waals surface area (Å²) in [4.78, 5) is 27.9. The number of carbonyl (C=O) groups is 2. The lowest BCUT2D eigenvalue weighted by Crippen LogP contribution is -2.53. The first-order valence-electron chi connectivity index (χ1n) is 7.52. The van der Waals surface area contributed by atoms with Crippen LogP contribution in [0.25, 0.3) is 0 Å². The zero-order valence-corrected chi connectivity index (χ0v) is 11.4. The third-order valence-corrected chi connectivity index (χ3v) is 4.77. The predicted molar refractivity (Wildman–Crippen MR) is 71.5 cm³/mol. The van der Waals surface area contributed by atoms with Crippen LogP contribution in [-0.2, 0) is 9.59 Å². The van der Waals surface area contributed by atoms with E-state index in [1.54, 1.807) is 0 Å². The van der Waals surface area contributed by atoms with Gasteiger partial charge in [-0.25, -0.2) is 0 Å². The van der Waals surface area contributed by atoms with E-state index in [1.807, 2.05) is 9.80 Å². The molecule has 1 unspecified atom stereocenters. The second kappa shape index (κ2) is 5.49. The molecule has 3 fully saturated rings. The average molecular weight is 265 g/mol. The molecule has 1 N–H and O–H groups in total. The summed E-state index contributed by atoms with van der Waals surface area (Å²) >= 11 is 0. The van der Waals surface area contributed by atoms with Gasteiger partial charge < -0.3 is 15.1 Å². The standard InChI is InChI=1S/C14H23N3O2/c18-13-2-1-12-10-16(7-8-17(12)13)14(19)9-11-3-5-15-6-4-11/h11-12,15H,1-10H2. The summed E-state index contributed by atoms with van der Waals surface area (Å²) < 4.78 is 0. The fourth-order valence-electron chi connectivity index (χ4n) is 3.55. The Kier molecular flexibility index (Phi) is 3.73. The van der Waals surface area contributed by atoms with Crippen LogP contribution in [0, 0.1) is 5.92 Å². The van der Waals surface area contributed by atoms with Gasteiger partial charge in [0.2, 0.25) is 11.8 Å². The van der Waals surface area contributed by atoms with E-state index in [2.05, 4.69) is 5.32 Å². The van der Waals surface area contributed by atoms with Gasteiger partial charge >= 0.3 is 0 Å². The summed E-state index contributed by atoms with van der Waals surface area (Å²) in [6.07, 6.45) is 4.53. The van der Waals surface area contributed by atoms with E-state index in [1.165, 1.54) is 0 Å². The smallest absolute Gasteiger partial charge is 0.223 e. The molecule has 0 saturated carbocycles. The number of piperazine rings is 1. The third-order valence-electron chi connectivity index (χ3n) is 4.77. The van der Waals surface area contributed by atoms with E-state index >= 15 is 0 Å². The largest absolute Gasteiger partial charge is 0.339 e. The van der Waals surface area contributed by atoms with E-state index in [0.29, 0.717) is 30.7 Å². The molecular weight excluding hydrogens is 242 g/mol. The zero-order chi connectivity index (χ0) is 13.2. The van der Waals surface area contributed by atoms with Crippen molar-refractivity contribution < 1.29 is 9.59 Å². The highest BCUT2D eigenvalue weighted by Gasteiger charge is 2.37. The fourth-order valence-corrected chi connectivity index (χ4v) is 3.55. The average Bonchev–Trinajstić information content (AvgIpc) is 2.81. The summed E-state index contributed by atoms with van der Waals surface area (Å²) in [5.74, 6) is 1.12. The molecule has 3 rings (SSSR count). The van der Waals surface area contributed by atoms with Gasteiger partial charge in [-0.05, 0) is 38.3 Å². The minimum atomic E-state index is 0.274. The molecule has 1 atom stereocenters. The SMILES string of the molecule is O=C(CC1CCNCC1)N1CCN2C(=O)CCC2C1. The van der Waals surface area contributed by atoms with Crippen LogP contribution in [0.2, 0.25) is 0 Å². The molecule has 0 aliphatic carbocycles. The summed E-state index contributed by atoms with van der Waals surface area (Å²) in [6.45, 7) is 4.31. The fraction of sp³-hybridized carbons (Fsp3) is 0.857.